The van der Waals surface area contributed by atoms with Crippen LogP contribution in [0.5, 0.6) is 5.75 Å². The number of amides is 1. The summed E-state index contributed by atoms with van der Waals surface area (Å²) < 4.78 is 5.36. The maximum absolute atomic E-state index is 12.2. The largest absolute Gasteiger partial charge is 0.494 e. The van der Waals surface area contributed by atoms with Crippen LogP contribution in [0.15, 0.2) is 24.3 Å². The van der Waals surface area contributed by atoms with E-state index in [0.717, 1.165) is 31.7 Å². The number of nitrogens with one attached hydrogen (secondary N) is 2. The summed E-state index contributed by atoms with van der Waals surface area (Å²) in [6.07, 6.45) is 2.61. The van der Waals surface area contributed by atoms with Crippen LogP contribution in [0.25, 0.3) is 0 Å². The Balaban J connectivity index is 1.73. The van der Waals surface area contributed by atoms with Crippen LogP contribution in [0.1, 0.15) is 49.9 Å². The fraction of sp³-hybridized carbons (Fsp3) is 0.579. The molecule has 1 aromatic carbocycles. The Hall–Kier alpha value is -1.88. The van der Waals surface area contributed by atoms with Crippen LogP contribution in [-0.4, -0.2) is 37.9 Å². The summed E-state index contributed by atoms with van der Waals surface area (Å²) in [6, 6.07) is 7.08. The van der Waals surface area contributed by atoms with Crippen molar-refractivity contribution in [3.05, 3.63) is 29.8 Å². The maximum atomic E-state index is 12.2. The lowest BCUT2D eigenvalue weighted by Crippen LogP contribution is -2.42. The number of piperidine rings is 1. The number of hydrogen-bond donors (Lipinski definition) is 2. The third-order valence-corrected chi connectivity index (χ3v) is 4.59. The minimum absolute atomic E-state index is 0.0127. The Morgan fingerprint density at radius 3 is 2.46 bits per heavy atom. The molecular weight excluding hydrogens is 304 g/mol. The minimum Gasteiger partial charge on any atom is -0.494 e. The van der Waals surface area contributed by atoms with Crippen LogP contribution in [0.4, 0.5) is 0 Å². The molecule has 1 aliphatic rings. The predicted molar refractivity (Wildman–Crippen MR) is 94.4 cm³/mol. The molecule has 0 aliphatic carbocycles. The van der Waals surface area contributed by atoms with E-state index in [1.807, 2.05) is 6.92 Å². The fourth-order valence-corrected chi connectivity index (χ4v) is 2.88. The highest BCUT2D eigenvalue weighted by Gasteiger charge is 2.26. The van der Waals surface area contributed by atoms with Crippen molar-refractivity contribution in [1.82, 2.24) is 10.6 Å². The predicted octanol–water partition coefficient (Wildman–Crippen LogP) is 2.55. The van der Waals surface area contributed by atoms with Gasteiger partial charge in [0.1, 0.15) is 5.75 Å². The van der Waals surface area contributed by atoms with E-state index in [1.165, 1.54) is 0 Å². The van der Waals surface area contributed by atoms with Gasteiger partial charge in [0.25, 0.3) is 0 Å². The number of rotatable bonds is 8. The first-order valence-electron chi connectivity index (χ1n) is 8.76. The molecule has 5 nitrogen and oxygen atoms in total. The number of ether oxygens (including phenoxy) is 1. The van der Waals surface area contributed by atoms with Crippen LogP contribution in [0.3, 0.4) is 0 Å². The second-order valence-corrected chi connectivity index (χ2v) is 6.72. The molecule has 1 fully saturated rings. The highest BCUT2D eigenvalue weighted by Crippen LogP contribution is 2.26. The molecule has 2 N–H and O–H groups in total. The van der Waals surface area contributed by atoms with Gasteiger partial charge in [0, 0.05) is 24.9 Å². The highest BCUT2D eigenvalue weighted by atomic mass is 16.5. The first-order valence-corrected chi connectivity index (χ1v) is 8.76. The standard InChI is InChI=1S/C19H28N2O3/c1-3-24-16-6-4-15(5-7-16)17(22)8-9-18(23)21-14-19(2)10-12-20-13-11-19/h4-7,20H,3,8-14H2,1-2H3,(H,21,23). The number of carbonyl (C=O) groups excluding carboxylic acids is 2. The molecule has 2 rings (SSSR count). The van der Waals surface area contributed by atoms with Crippen LogP contribution in [0, 0.1) is 5.41 Å². The zero-order valence-electron chi connectivity index (χ0n) is 14.7. The molecule has 0 spiro atoms. The van der Waals surface area contributed by atoms with Crippen LogP contribution in [-0.2, 0) is 4.79 Å². The van der Waals surface area contributed by atoms with Crippen LogP contribution >= 0.6 is 0 Å². The Bertz CT molecular complexity index is 548. The van der Waals surface area contributed by atoms with Crippen molar-refractivity contribution < 1.29 is 14.3 Å². The van der Waals surface area contributed by atoms with E-state index >= 15 is 0 Å². The van der Waals surface area contributed by atoms with E-state index in [2.05, 4.69) is 17.6 Å². The van der Waals surface area contributed by atoms with Gasteiger partial charge in [-0.05, 0) is 62.5 Å². The summed E-state index contributed by atoms with van der Waals surface area (Å²) in [7, 11) is 0. The Kier molecular flexibility index (Phi) is 6.79. The summed E-state index contributed by atoms with van der Waals surface area (Å²) in [5, 5.41) is 6.32. The molecule has 5 heteroatoms. The van der Waals surface area contributed by atoms with E-state index in [9.17, 15) is 9.59 Å². The first kappa shape index (κ1) is 18.5. The lowest BCUT2D eigenvalue weighted by molar-refractivity contribution is -0.121. The van der Waals surface area contributed by atoms with Gasteiger partial charge < -0.3 is 15.4 Å². The molecule has 0 saturated carbocycles. The van der Waals surface area contributed by atoms with Gasteiger partial charge in [0.2, 0.25) is 5.91 Å². The van der Waals surface area contributed by atoms with Gasteiger partial charge in [-0.3, -0.25) is 9.59 Å². The van der Waals surface area contributed by atoms with Crippen molar-refractivity contribution in [3.63, 3.8) is 0 Å². The zero-order valence-corrected chi connectivity index (χ0v) is 14.7. The molecular formula is C19H28N2O3. The second kappa shape index (κ2) is 8.83. The minimum atomic E-state index is -0.0472. The molecule has 0 bridgehead atoms. The van der Waals surface area contributed by atoms with E-state index < -0.39 is 0 Å². The average molecular weight is 332 g/mol. The number of hydrogen-bond acceptors (Lipinski definition) is 4. The number of carbonyl (C=O) groups is 2. The van der Waals surface area contributed by atoms with Crippen molar-refractivity contribution >= 4 is 11.7 Å². The molecule has 0 unspecified atom stereocenters. The molecule has 132 valence electrons. The van der Waals surface area contributed by atoms with Crippen molar-refractivity contribution in [1.29, 1.82) is 0 Å². The van der Waals surface area contributed by atoms with Crippen molar-refractivity contribution in [2.45, 2.75) is 39.5 Å². The Morgan fingerprint density at radius 1 is 1.17 bits per heavy atom. The van der Waals surface area contributed by atoms with Crippen molar-refractivity contribution in [2.24, 2.45) is 5.41 Å². The summed E-state index contributed by atoms with van der Waals surface area (Å²) >= 11 is 0. The molecule has 1 heterocycles. The molecule has 0 radical (unpaired) electrons. The van der Waals surface area contributed by atoms with Gasteiger partial charge in [-0.25, -0.2) is 0 Å². The number of ketones is 1. The quantitative estimate of drug-likeness (QED) is 0.718. The average Bonchev–Trinajstić information content (AvgIpc) is 2.59. The lowest BCUT2D eigenvalue weighted by Gasteiger charge is -2.34. The monoisotopic (exact) mass is 332 g/mol. The van der Waals surface area contributed by atoms with Crippen molar-refractivity contribution in [3.8, 4) is 5.75 Å². The summed E-state index contributed by atoms with van der Waals surface area (Å²) in [5.41, 5.74) is 0.789. The van der Waals surface area contributed by atoms with Crippen LogP contribution < -0.4 is 15.4 Å². The molecule has 1 aromatic rings. The molecule has 1 aliphatic heterocycles. The van der Waals surface area contributed by atoms with Gasteiger partial charge in [0.15, 0.2) is 5.78 Å². The van der Waals surface area contributed by atoms with Gasteiger partial charge in [-0.1, -0.05) is 6.92 Å². The molecule has 0 atom stereocenters. The van der Waals surface area contributed by atoms with Crippen molar-refractivity contribution in [2.75, 3.05) is 26.2 Å². The lowest BCUT2D eigenvalue weighted by atomic mass is 9.81. The SMILES string of the molecule is CCOc1ccc(C(=O)CCC(=O)NCC2(C)CCNCC2)cc1. The van der Waals surface area contributed by atoms with E-state index in [-0.39, 0.29) is 29.9 Å². The van der Waals surface area contributed by atoms with Crippen LogP contribution in [0.2, 0.25) is 0 Å². The molecule has 1 amide bonds. The van der Waals surface area contributed by atoms with Gasteiger partial charge in [-0.2, -0.15) is 0 Å². The summed E-state index contributed by atoms with van der Waals surface area (Å²) in [6.45, 7) is 7.42. The maximum Gasteiger partial charge on any atom is 0.220 e. The first-order chi connectivity index (χ1) is 11.5. The van der Waals surface area contributed by atoms with E-state index in [4.69, 9.17) is 4.74 Å². The van der Waals surface area contributed by atoms with Gasteiger partial charge >= 0.3 is 0 Å². The second-order valence-electron chi connectivity index (χ2n) is 6.72. The third kappa shape index (κ3) is 5.64. The summed E-state index contributed by atoms with van der Waals surface area (Å²) in [4.78, 5) is 24.2. The third-order valence-electron chi connectivity index (χ3n) is 4.59. The number of benzene rings is 1. The number of Topliss-reactive ketones (excluding diaryl/α,β-unsaturated/α-hetero) is 1. The Labute approximate surface area is 144 Å². The smallest absolute Gasteiger partial charge is 0.220 e. The molecule has 1 saturated heterocycles. The summed E-state index contributed by atoms with van der Waals surface area (Å²) in [5.74, 6) is 0.692. The molecule has 24 heavy (non-hydrogen) atoms. The van der Waals surface area contributed by atoms with E-state index in [0.29, 0.717) is 18.7 Å². The van der Waals surface area contributed by atoms with E-state index in [1.54, 1.807) is 24.3 Å². The van der Waals surface area contributed by atoms with Gasteiger partial charge in [0.05, 0.1) is 6.61 Å². The fourth-order valence-electron chi connectivity index (χ4n) is 2.88. The highest BCUT2D eigenvalue weighted by molar-refractivity contribution is 5.98. The topological polar surface area (TPSA) is 67.4 Å². The van der Waals surface area contributed by atoms with Gasteiger partial charge in [-0.15, -0.1) is 0 Å². The Morgan fingerprint density at radius 2 is 1.83 bits per heavy atom. The normalized spacial score (nSPS) is 16.4. The molecule has 0 aromatic heterocycles. The zero-order chi connectivity index (χ0) is 17.4.